The zero-order valence-corrected chi connectivity index (χ0v) is 23.5. The molecule has 5 rings (SSSR count). The lowest BCUT2D eigenvalue weighted by Gasteiger charge is -2.29. The summed E-state index contributed by atoms with van der Waals surface area (Å²) in [4.78, 5) is 18.5. The molecule has 0 radical (unpaired) electrons. The molecule has 1 atom stereocenters. The van der Waals surface area contributed by atoms with Crippen LogP contribution in [0.15, 0.2) is 89.2 Å². The molecule has 39 heavy (non-hydrogen) atoms. The molecule has 1 amide bonds. The number of aromatic nitrogens is 3. The summed E-state index contributed by atoms with van der Waals surface area (Å²) in [6.45, 7) is 8.60. The molecule has 1 aliphatic rings. The molecule has 1 unspecified atom stereocenters. The Morgan fingerprint density at radius 3 is 2.62 bits per heavy atom. The van der Waals surface area contributed by atoms with E-state index in [1.807, 2.05) is 79.2 Å². The predicted octanol–water partition coefficient (Wildman–Crippen LogP) is 6.90. The van der Waals surface area contributed by atoms with Crippen molar-refractivity contribution in [3.8, 4) is 5.75 Å². The second kappa shape index (κ2) is 11.8. The molecule has 0 bridgehead atoms. The summed E-state index contributed by atoms with van der Waals surface area (Å²) in [5.41, 5.74) is 6.40. The van der Waals surface area contributed by atoms with Gasteiger partial charge in [0, 0.05) is 17.1 Å². The van der Waals surface area contributed by atoms with E-state index in [1.165, 1.54) is 5.56 Å². The van der Waals surface area contributed by atoms with E-state index in [4.69, 9.17) is 14.8 Å². The molecule has 0 aliphatic carbocycles. The lowest BCUT2D eigenvalue weighted by molar-refractivity contribution is -0.113. The SMILES string of the molecule is CCCSc1nc2n(n1)C(c1cccc(OCc3ccccc3C)c1)C(C(=O)Nc1ccc(C)cc1)=C(C)N2. The number of carbonyl (C=O) groups is 1. The van der Waals surface area contributed by atoms with Crippen LogP contribution in [0.5, 0.6) is 5.75 Å². The van der Waals surface area contributed by atoms with Gasteiger partial charge in [-0.15, -0.1) is 5.10 Å². The highest BCUT2D eigenvalue weighted by atomic mass is 32.2. The number of carbonyl (C=O) groups excluding carboxylic acids is 1. The van der Waals surface area contributed by atoms with Crippen molar-refractivity contribution in [3.05, 3.63) is 106 Å². The van der Waals surface area contributed by atoms with Crippen LogP contribution in [-0.4, -0.2) is 26.4 Å². The second-order valence-electron chi connectivity index (χ2n) is 9.69. The van der Waals surface area contributed by atoms with Crippen molar-refractivity contribution in [1.29, 1.82) is 0 Å². The average Bonchev–Trinajstić information content (AvgIpc) is 3.34. The Morgan fingerprint density at radius 2 is 1.85 bits per heavy atom. The molecule has 3 aromatic carbocycles. The van der Waals surface area contributed by atoms with E-state index in [2.05, 4.69) is 36.6 Å². The highest BCUT2D eigenvalue weighted by Gasteiger charge is 2.34. The number of allylic oxidation sites excluding steroid dienone is 1. The lowest BCUT2D eigenvalue weighted by atomic mass is 9.94. The molecular weight excluding hydrogens is 506 g/mol. The number of fused-ring (bicyclic) bond motifs is 1. The summed E-state index contributed by atoms with van der Waals surface area (Å²) in [5, 5.41) is 11.9. The standard InChI is InChI=1S/C31H33N5O2S/c1-5-17-39-31-34-30-32-22(4)27(29(37)33-25-15-13-20(2)14-16-25)28(36(30)35-31)23-11-8-12-26(18-23)38-19-24-10-7-6-9-21(24)3/h6-16,18,28H,5,17,19H2,1-4H3,(H,33,37)(H,32,34,35). The van der Waals surface area contributed by atoms with Crippen molar-refractivity contribution < 1.29 is 9.53 Å². The molecular formula is C31H33N5O2S. The number of anilines is 2. The molecule has 0 fully saturated rings. The topological polar surface area (TPSA) is 81.1 Å². The van der Waals surface area contributed by atoms with Crippen molar-refractivity contribution in [3.63, 3.8) is 0 Å². The number of hydrogen-bond acceptors (Lipinski definition) is 6. The van der Waals surface area contributed by atoms with Gasteiger partial charge in [-0.2, -0.15) is 4.98 Å². The smallest absolute Gasteiger partial charge is 0.255 e. The first-order chi connectivity index (χ1) is 18.9. The second-order valence-corrected chi connectivity index (χ2v) is 10.7. The van der Waals surface area contributed by atoms with Crippen LogP contribution in [0.25, 0.3) is 0 Å². The number of hydrogen-bond donors (Lipinski definition) is 2. The van der Waals surface area contributed by atoms with Gasteiger partial charge in [-0.3, -0.25) is 4.79 Å². The summed E-state index contributed by atoms with van der Waals surface area (Å²) in [7, 11) is 0. The fraction of sp³-hybridized carbons (Fsp3) is 0.258. The molecule has 2 N–H and O–H groups in total. The molecule has 2 heterocycles. The maximum Gasteiger partial charge on any atom is 0.255 e. The van der Waals surface area contributed by atoms with Crippen molar-refractivity contribution in [2.24, 2.45) is 0 Å². The number of ether oxygens (including phenoxy) is 1. The van der Waals surface area contributed by atoms with E-state index >= 15 is 0 Å². The molecule has 1 aliphatic heterocycles. The number of benzene rings is 3. The van der Waals surface area contributed by atoms with Gasteiger partial charge in [-0.1, -0.05) is 72.8 Å². The predicted molar refractivity (Wildman–Crippen MR) is 157 cm³/mol. The van der Waals surface area contributed by atoms with Crippen LogP contribution >= 0.6 is 11.8 Å². The van der Waals surface area contributed by atoms with Gasteiger partial charge >= 0.3 is 0 Å². The van der Waals surface area contributed by atoms with E-state index in [-0.39, 0.29) is 5.91 Å². The van der Waals surface area contributed by atoms with Gasteiger partial charge in [0.25, 0.3) is 5.91 Å². The molecule has 0 spiro atoms. The van der Waals surface area contributed by atoms with Gasteiger partial charge in [0.15, 0.2) is 0 Å². The lowest BCUT2D eigenvalue weighted by Crippen LogP contribution is -2.31. The maximum absolute atomic E-state index is 13.8. The molecule has 8 heteroatoms. The fourth-order valence-electron chi connectivity index (χ4n) is 4.53. The van der Waals surface area contributed by atoms with Crippen LogP contribution in [0.4, 0.5) is 11.6 Å². The minimum atomic E-state index is -0.475. The van der Waals surface area contributed by atoms with Crippen LogP contribution in [0.2, 0.25) is 0 Å². The van der Waals surface area contributed by atoms with Crippen LogP contribution in [-0.2, 0) is 11.4 Å². The summed E-state index contributed by atoms with van der Waals surface area (Å²) >= 11 is 1.61. The molecule has 0 saturated carbocycles. The summed E-state index contributed by atoms with van der Waals surface area (Å²) in [5.74, 6) is 2.08. The maximum atomic E-state index is 13.8. The third-order valence-electron chi connectivity index (χ3n) is 6.65. The van der Waals surface area contributed by atoms with E-state index in [0.717, 1.165) is 46.0 Å². The number of thioether (sulfide) groups is 1. The number of rotatable bonds is 9. The Hall–Kier alpha value is -4.04. The first-order valence-corrected chi connectivity index (χ1v) is 14.1. The molecule has 200 valence electrons. The first kappa shape index (κ1) is 26.6. The van der Waals surface area contributed by atoms with E-state index in [9.17, 15) is 4.79 Å². The van der Waals surface area contributed by atoms with Crippen molar-refractivity contribution in [2.75, 3.05) is 16.4 Å². The van der Waals surface area contributed by atoms with Gasteiger partial charge in [0.1, 0.15) is 18.4 Å². The minimum Gasteiger partial charge on any atom is -0.489 e. The molecule has 4 aromatic rings. The van der Waals surface area contributed by atoms with Crippen LogP contribution < -0.4 is 15.4 Å². The number of nitrogens with zero attached hydrogens (tertiary/aromatic N) is 3. The van der Waals surface area contributed by atoms with Gasteiger partial charge < -0.3 is 15.4 Å². The third-order valence-corrected chi connectivity index (χ3v) is 7.70. The quantitative estimate of drug-likeness (QED) is 0.225. The Kier molecular flexibility index (Phi) is 8.02. The summed E-state index contributed by atoms with van der Waals surface area (Å²) < 4.78 is 8.01. The summed E-state index contributed by atoms with van der Waals surface area (Å²) in [6, 6.07) is 23.4. The monoisotopic (exact) mass is 539 g/mol. The van der Waals surface area contributed by atoms with Crippen molar-refractivity contribution in [1.82, 2.24) is 14.8 Å². The van der Waals surface area contributed by atoms with E-state index < -0.39 is 6.04 Å². The Balaban J connectivity index is 1.50. The molecule has 7 nitrogen and oxygen atoms in total. The van der Waals surface area contributed by atoms with Gasteiger partial charge in [0.2, 0.25) is 11.1 Å². The zero-order valence-electron chi connectivity index (χ0n) is 22.7. The highest BCUT2D eigenvalue weighted by Crippen LogP contribution is 2.38. The van der Waals surface area contributed by atoms with E-state index in [1.54, 1.807) is 11.8 Å². The minimum absolute atomic E-state index is 0.191. The van der Waals surface area contributed by atoms with Gasteiger partial charge in [-0.25, -0.2) is 4.68 Å². The third kappa shape index (κ3) is 6.01. The first-order valence-electron chi connectivity index (χ1n) is 13.2. The summed E-state index contributed by atoms with van der Waals surface area (Å²) in [6.07, 6.45) is 1.02. The van der Waals surface area contributed by atoms with Gasteiger partial charge in [-0.05, 0) is 68.1 Å². The van der Waals surface area contributed by atoms with Crippen LogP contribution in [0, 0.1) is 13.8 Å². The molecule has 0 saturated heterocycles. The number of aryl methyl sites for hydroxylation is 2. The van der Waals surface area contributed by atoms with Crippen LogP contribution in [0.1, 0.15) is 48.6 Å². The number of amides is 1. The Labute approximate surface area is 233 Å². The van der Waals surface area contributed by atoms with E-state index in [0.29, 0.717) is 23.3 Å². The zero-order chi connectivity index (χ0) is 27.4. The highest BCUT2D eigenvalue weighted by molar-refractivity contribution is 7.99. The Morgan fingerprint density at radius 1 is 1.05 bits per heavy atom. The molecule has 1 aromatic heterocycles. The Bertz CT molecular complexity index is 1510. The average molecular weight is 540 g/mol. The van der Waals surface area contributed by atoms with Crippen LogP contribution in [0.3, 0.4) is 0 Å². The van der Waals surface area contributed by atoms with Crippen molar-refractivity contribution in [2.45, 2.75) is 51.9 Å². The normalized spacial score (nSPS) is 14.5. The largest absolute Gasteiger partial charge is 0.489 e. The van der Waals surface area contributed by atoms with Crippen molar-refractivity contribution >= 4 is 29.3 Å². The van der Waals surface area contributed by atoms with Gasteiger partial charge in [0.05, 0.1) is 5.57 Å². The fourth-order valence-corrected chi connectivity index (χ4v) is 5.21. The number of nitrogens with one attached hydrogen (secondary N) is 2.